The van der Waals surface area contributed by atoms with Crippen molar-refractivity contribution in [2.24, 2.45) is 5.10 Å². The van der Waals surface area contributed by atoms with Crippen LogP contribution in [0.4, 0.5) is 0 Å². The molecule has 0 saturated heterocycles. The number of allylic oxidation sites excluding steroid dienone is 1. The smallest absolute Gasteiger partial charge is 0.135 e. The first kappa shape index (κ1) is 5.77. The van der Waals surface area contributed by atoms with Gasteiger partial charge < -0.3 is 10.4 Å². The van der Waals surface area contributed by atoms with Crippen LogP contribution < -0.4 is 0 Å². The molecule has 0 aromatic carbocycles. The van der Waals surface area contributed by atoms with Gasteiger partial charge in [-0.3, -0.25) is 0 Å². The molecule has 0 bridgehead atoms. The van der Waals surface area contributed by atoms with E-state index in [-0.39, 0.29) is 0 Å². The van der Waals surface area contributed by atoms with Crippen molar-refractivity contribution in [1.82, 2.24) is 0 Å². The molecule has 1 aliphatic rings. The van der Waals surface area contributed by atoms with Crippen LogP contribution in [-0.2, 0) is 0 Å². The summed E-state index contributed by atoms with van der Waals surface area (Å²) in [6, 6.07) is 0. The highest BCUT2D eigenvalue weighted by molar-refractivity contribution is 7.96. The molecule has 1 heterocycles. The molecule has 0 aliphatic carbocycles. The van der Waals surface area contributed by atoms with Gasteiger partial charge in [-0.25, -0.2) is 0 Å². The van der Waals surface area contributed by atoms with Gasteiger partial charge in [0.25, 0.3) is 0 Å². The molecule has 0 atom stereocenters. The lowest BCUT2D eigenvalue weighted by Crippen LogP contribution is -2.19. The molecule has 0 unspecified atom stereocenters. The van der Waals surface area contributed by atoms with Crippen molar-refractivity contribution >= 4 is 18.2 Å². The zero-order valence-corrected chi connectivity index (χ0v) is 4.67. The van der Waals surface area contributed by atoms with E-state index in [9.17, 15) is 10.4 Å². The Morgan fingerprint density at radius 2 is 2.25 bits per heavy atom. The molecule has 0 radical (unpaired) electrons. The van der Waals surface area contributed by atoms with E-state index in [2.05, 4.69) is 5.10 Å². The third-order valence-corrected chi connectivity index (χ3v) is 1.21. The third-order valence-electron chi connectivity index (χ3n) is 0.567. The van der Waals surface area contributed by atoms with E-state index in [1.165, 1.54) is 17.7 Å². The van der Waals surface area contributed by atoms with Gasteiger partial charge in [-0.15, -0.1) is 0 Å². The summed E-state index contributed by atoms with van der Waals surface area (Å²) in [4.78, 5) is 0. The molecule has 0 aromatic rings. The van der Waals surface area contributed by atoms with E-state index >= 15 is 0 Å². The van der Waals surface area contributed by atoms with Gasteiger partial charge in [-0.2, -0.15) is 4.32 Å². The first-order valence-electron chi connectivity index (χ1n) is 1.91. The lowest BCUT2D eigenvalue weighted by molar-refractivity contribution is -0.688. The summed E-state index contributed by atoms with van der Waals surface area (Å²) in [7, 11) is 0. The highest BCUT2D eigenvalue weighted by Crippen LogP contribution is 2.22. The Morgan fingerprint density at radius 1 is 1.50 bits per heavy atom. The molecule has 0 aromatic heterocycles. The van der Waals surface area contributed by atoms with Crippen molar-refractivity contribution in [3.8, 4) is 0 Å². The molecule has 0 spiro atoms. The second-order valence-corrected chi connectivity index (χ2v) is 2.11. The molecule has 0 saturated carbocycles. The Morgan fingerprint density at radius 3 is 2.50 bits per heavy atom. The predicted octanol–water partition coefficient (Wildman–Crippen LogP) is 0.960. The number of nitrogens with zero attached hydrogens (tertiary/aromatic N) is 2. The maximum Gasteiger partial charge on any atom is 0.135 e. The number of hydrogen-bond acceptors (Lipinski definition) is 4. The first-order chi connectivity index (χ1) is 3.71. The maximum atomic E-state index is 10.2. The van der Waals surface area contributed by atoms with Crippen LogP contribution in [0.25, 0.3) is 0 Å². The van der Waals surface area contributed by atoms with Crippen molar-refractivity contribution in [3.05, 3.63) is 21.9 Å². The van der Waals surface area contributed by atoms with Crippen molar-refractivity contribution < 1.29 is 4.32 Å². The van der Waals surface area contributed by atoms with E-state index in [1.807, 2.05) is 0 Å². The monoisotopic (exact) mass is 131 g/mol. The number of hydrogen-bond donors (Lipinski definition) is 0. The van der Waals surface area contributed by atoms with Crippen LogP contribution in [0.3, 0.4) is 0 Å². The highest BCUT2D eigenvalue weighted by atomic mass is 32.2. The lowest BCUT2D eigenvalue weighted by atomic mass is 10.7. The second-order valence-electron chi connectivity index (χ2n) is 1.17. The van der Waals surface area contributed by atoms with E-state index in [0.29, 0.717) is 11.9 Å². The number of quaternary nitrogens is 1. The minimum Gasteiger partial charge on any atom is -0.591 e. The van der Waals surface area contributed by atoms with Gasteiger partial charge in [-0.05, 0) is 6.08 Å². The van der Waals surface area contributed by atoms with E-state index in [1.54, 1.807) is 0 Å². The molecular weight excluding hydrogens is 128 g/mol. The Labute approximate surface area is 50.4 Å². The average Bonchev–Trinajstić information content (AvgIpc) is 1.65. The van der Waals surface area contributed by atoms with Gasteiger partial charge in [0.05, 0.1) is 6.21 Å². The minimum atomic E-state index is -1.85. The van der Waals surface area contributed by atoms with Crippen LogP contribution in [0.2, 0.25) is 0 Å². The normalized spacial score (nSPS) is 23.8. The molecule has 1 rings (SSSR count). The van der Waals surface area contributed by atoms with E-state index < -0.39 is 4.32 Å². The van der Waals surface area contributed by atoms with E-state index in [4.69, 9.17) is 0 Å². The third kappa shape index (κ3) is 1.31. The molecule has 0 fully saturated rings. The predicted molar refractivity (Wildman–Crippen MR) is 32.2 cm³/mol. The van der Waals surface area contributed by atoms with Gasteiger partial charge in [0.2, 0.25) is 0 Å². The fraction of sp³-hybridized carbons (Fsp3) is 0. The average molecular weight is 131 g/mol. The van der Waals surface area contributed by atoms with Crippen molar-refractivity contribution in [2.45, 2.75) is 0 Å². The summed E-state index contributed by atoms with van der Waals surface area (Å²) in [6.45, 7) is 0. The maximum absolute atomic E-state index is 10.2. The van der Waals surface area contributed by atoms with Crippen molar-refractivity contribution in [2.75, 3.05) is 0 Å². The zero-order valence-electron chi connectivity index (χ0n) is 3.85. The van der Waals surface area contributed by atoms with Gasteiger partial charge >= 0.3 is 0 Å². The van der Waals surface area contributed by atoms with Gasteiger partial charge in [-0.1, -0.05) is 5.10 Å². The molecule has 0 amide bonds. The first-order valence-corrected chi connectivity index (χ1v) is 2.74. The molecular formula is C3H3N2O2S-. The Hall–Kier alpha value is -0.360. The van der Waals surface area contributed by atoms with Crippen molar-refractivity contribution in [3.63, 3.8) is 0 Å². The highest BCUT2D eigenvalue weighted by Gasteiger charge is 2.02. The van der Waals surface area contributed by atoms with Crippen LogP contribution in [-0.4, -0.2) is 10.5 Å². The lowest BCUT2D eigenvalue weighted by Gasteiger charge is -2.35. The summed E-state index contributed by atoms with van der Waals surface area (Å²) in [5.74, 6) is 0. The minimum absolute atomic E-state index is 0.568. The van der Waals surface area contributed by atoms with Gasteiger partial charge in [0.15, 0.2) is 0 Å². The van der Waals surface area contributed by atoms with Crippen molar-refractivity contribution in [1.29, 1.82) is 0 Å². The quantitative estimate of drug-likeness (QED) is 0.279. The Balaban J connectivity index is 2.65. The fourth-order valence-corrected chi connectivity index (χ4v) is 0.698. The van der Waals surface area contributed by atoms with Gasteiger partial charge in [0, 0.05) is 5.41 Å². The Bertz CT molecular complexity index is 142. The van der Waals surface area contributed by atoms with Crippen LogP contribution in [0, 0.1) is 10.4 Å². The topological polar surface area (TPSA) is 58.5 Å². The standard InChI is InChI=1S/C3H3N2O2S/c6-5(7)4-2-1-3-8-5/h1-3H/q-1. The number of rotatable bonds is 0. The summed E-state index contributed by atoms with van der Waals surface area (Å²) in [5, 5.41) is 24.9. The van der Waals surface area contributed by atoms with Crippen LogP contribution in [0.5, 0.6) is 0 Å². The van der Waals surface area contributed by atoms with Gasteiger partial charge in [0.1, 0.15) is 11.9 Å². The summed E-state index contributed by atoms with van der Waals surface area (Å²) in [5.41, 5.74) is 0. The summed E-state index contributed by atoms with van der Waals surface area (Å²) < 4.78 is -1.85. The molecule has 1 aliphatic heterocycles. The Kier molecular flexibility index (Phi) is 1.35. The molecule has 5 heteroatoms. The molecule has 8 heavy (non-hydrogen) atoms. The van der Waals surface area contributed by atoms with Crippen LogP contribution >= 0.6 is 11.9 Å². The van der Waals surface area contributed by atoms with E-state index in [0.717, 1.165) is 0 Å². The van der Waals surface area contributed by atoms with Crippen LogP contribution in [0.1, 0.15) is 0 Å². The van der Waals surface area contributed by atoms with Crippen LogP contribution in [0.15, 0.2) is 16.6 Å². The fourth-order valence-electron chi connectivity index (χ4n) is 0.295. The second kappa shape index (κ2) is 1.87. The SMILES string of the molecule is [O-][N+]1([O-])N=CC=CS1. The molecule has 4 nitrogen and oxygen atoms in total. The molecule has 0 N–H and O–H groups in total. The summed E-state index contributed by atoms with van der Waals surface area (Å²) >= 11 is 0.568. The summed E-state index contributed by atoms with van der Waals surface area (Å²) in [6.07, 6.45) is 2.73. The molecule has 44 valence electrons. The largest absolute Gasteiger partial charge is 0.591 e. The zero-order chi connectivity index (χ0) is 6.04.